The molecule has 2 aromatic heterocycles. The van der Waals surface area contributed by atoms with Crippen LogP contribution >= 0.6 is 0 Å². The van der Waals surface area contributed by atoms with Crippen LogP contribution in [0.3, 0.4) is 0 Å². The molecule has 0 radical (unpaired) electrons. The number of nitrogens with one attached hydrogen (secondary N) is 1. The first-order valence-electron chi connectivity index (χ1n) is 10.4. The average molecular weight is 439 g/mol. The number of para-hydroxylation sites is 1. The second-order valence-electron chi connectivity index (χ2n) is 8.06. The maximum Gasteiger partial charge on any atom is 0.305 e. The third-order valence-electron chi connectivity index (χ3n) is 6.16. The van der Waals surface area contributed by atoms with Gasteiger partial charge in [-0.05, 0) is 24.1 Å². The molecule has 2 amide bonds. The minimum atomic E-state index is -0.883. The Bertz CT molecular complexity index is 1480. The molecule has 5 heterocycles. The first-order valence-corrected chi connectivity index (χ1v) is 10.4. The van der Waals surface area contributed by atoms with Crippen LogP contribution in [0.1, 0.15) is 23.2 Å². The molecule has 3 aliphatic rings. The quantitative estimate of drug-likeness (QED) is 0.600. The van der Waals surface area contributed by atoms with Crippen molar-refractivity contribution in [2.24, 2.45) is 4.99 Å². The molecule has 0 fully saturated rings. The van der Waals surface area contributed by atoms with E-state index in [9.17, 15) is 19.5 Å². The summed E-state index contributed by atoms with van der Waals surface area (Å²) < 4.78 is 1.76. The highest BCUT2D eigenvalue weighted by atomic mass is 16.4. The fourth-order valence-electron chi connectivity index (χ4n) is 4.85. The lowest BCUT2D eigenvalue weighted by molar-refractivity contribution is -0.137. The van der Waals surface area contributed by atoms with Crippen molar-refractivity contribution >= 4 is 40.4 Å². The number of nitrogens with zero attached hydrogens (tertiary/aromatic N) is 4. The SMILES string of the molecule is O=C(O)CC1Cc2cccc3c2N1C=CN=C3C1=C(c2cnc3ccccn23)C(=O)NC1=O. The number of fused-ring (bicyclic) bond motifs is 1. The van der Waals surface area contributed by atoms with Crippen molar-refractivity contribution in [3.8, 4) is 0 Å². The van der Waals surface area contributed by atoms with Gasteiger partial charge < -0.3 is 10.0 Å². The third kappa shape index (κ3) is 2.82. The summed E-state index contributed by atoms with van der Waals surface area (Å²) in [5.74, 6) is -1.92. The highest BCUT2D eigenvalue weighted by molar-refractivity contribution is 6.47. The van der Waals surface area contributed by atoms with E-state index in [0.717, 1.165) is 11.3 Å². The fraction of sp³-hybridized carbons (Fsp3) is 0.125. The Hall–Kier alpha value is -4.53. The van der Waals surface area contributed by atoms with Crippen molar-refractivity contribution in [1.82, 2.24) is 14.7 Å². The summed E-state index contributed by atoms with van der Waals surface area (Å²) in [6.45, 7) is 0. The molecule has 0 spiro atoms. The minimum Gasteiger partial charge on any atom is -0.481 e. The number of hydrogen-bond donors (Lipinski definition) is 2. The highest BCUT2D eigenvalue weighted by Gasteiger charge is 2.40. The summed E-state index contributed by atoms with van der Waals surface area (Å²) in [4.78, 5) is 48.2. The molecule has 162 valence electrons. The second-order valence-corrected chi connectivity index (χ2v) is 8.06. The van der Waals surface area contributed by atoms with Crippen LogP contribution in [-0.4, -0.2) is 44.0 Å². The van der Waals surface area contributed by atoms with Gasteiger partial charge in [0.1, 0.15) is 5.65 Å². The molecular formula is C24H17N5O4. The lowest BCUT2D eigenvalue weighted by atomic mass is 9.94. The summed E-state index contributed by atoms with van der Waals surface area (Å²) in [5.41, 5.74) is 4.35. The smallest absolute Gasteiger partial charge is 0.305 e. The van der Waals surface area contributed by atoms with E-state index in [4.69, 9.17) is 0 Å². The average Bonchev–Trinajstić information content (AvgIpc) is 3.39. The molecule has 1 aromatic carbocycles. The first-order chi connectivity index (χ1) is 16.0. The Kier molecular flexibility index (Phi) is 4.06. The number of aliphatic carboxylic acids is 1. The molecule has 0 saturated heterocycles. The Balaban J connectivity index is 1.56. The first kappa shape index (κ1) is 19.2. The van der Waals surface area contributed by atoms with Crippen molar-refractivity contribution in [1.29, 1.82) is 0 Å². The van der Waals surface area contributed by atoms with Crippen molar-refractivity contribution in [2.45, 2.75) is 18.9 Å². The van der Waals surface area contributed by atoms with E-state index in [0.29, 0.717) is 29.0 Å². The van der Waals surface area contributed by atoms with Crippen LogP contribution in [0, 0.1) is 0 Å². The Morgan fingerprint density at radius 1 is 1.12 bits per heavy atom. The number of aromatic nitrogens is 2. The van der Waals surface area contributed by atoms with Gasteiger partial charge in [-0.1, -0.05) is 24.3 Å². The molecule has 0 aliphatic carbocycles. The van der Waals surface area contributed by atoms with Crippen molar-refractivity contribution < 1.29 is 19.5 Å². The number of benzene rings is 1. The predicted molar refractivity (Wildman–Crippen MR) is 120 cm³/mol. The van der Waals surface area contributed by atoms with Crippen LogP contribution < -0.4 is 10.2 Å². The number of aliphatic imine (C=N–C) groups is 1. The van der Waals surface area contributed by atoms with Gasteiger partial charge in [-0.25, -0.2) is 4.98 Å². The molecule has 1 atom stereocenters. The zero-order valence-corrected chi connectivity index (χ0v) is 17.2. The topological polar surface area (TPSA) is 116 Å². The van der Waals surface area contributed by atoms with Crippen LogP contribution in [0.4, 0.5) is 5.69 Å². The van der Waals surface area contributed by atoms with Crippen molar-refractivity contribution in [2.75, 3.05) is 4.90 Å². The van der Waals surface area contributed by atoms with E-state index in [1.54, 1.807) is 29.2 Å². The number of carboxylic acid groups (broad SMARTS) is 1. The van der Waals surface area contributed by atoms with Crippen LogP contribution in [0.25, 0.3) is 11.2 Å². The molecule has 3 aromatic rings. The largest absolute Gasteiger partial charge is 0.481 e. The van der Waals surface area contributed by atoms with E-state index in [2.05, 4.69) is 15.3 Å². The molecule has 9 heteroatoms. The van der Waals surface area contributed by atoms with Gasteiger partial charge in [0.05, 0.1) is 40.9 Å². The van der Waals surface area contributed by atoms with Crippen LogP contribution in [0.5, 0.6) is 0 Å². The Morgan fingerprint density at radius 2 is 1.97 bits per heavy atom. The maximum absolute atomic E-state index is 13.0. The molecule has 1 unspecified atom stereocenters. The van der Waals surface area contributed by atoms with Crippen LogP contribution in [0.2, 0.25) is 0 Å². The molecule has 33 heavy (non-hydrogen) atoms. The number of pyridine rings is 1. The van der Waals surface area contributed by atoms with Gasteiger partial charge in [0.15, 0.2) is 0 Å². The lowest BCUT2D eigenvalue weighted by Gasteiger charge is -2.23. The number of anilines is 1. The third-order valence-corrected chi connectivity index (χ3v) is 6.16. The molecular weight excluding hydrogens is 422 g/mol. The summed E-state index contributed by atoms with van der Waals surface area (Å²) >= 11 is 0. The zero-order valence-electron chi connectivity index (χ0n) is 17.2. The number of carbonyl (C=O) groups is 3. The van der Waals surface area contributed by atoms with E-state index in [1.807, 2.05) is 41.3 Å². The van der Waals surface area contributed by atoms with Gasteiger partial charge in [0, 0.05) is 30.2 Å². The van der Waals surface area contributed by atoms with Crippen molar-refractivity contribution in [3.63, 3.8) is 0 Å². The number of amides is 2. The van der Waals surface area contributed by atoms with Gasteiger partial charge >= 0.3 is 5.97 Å². The molecule has 6 rings (SSSR count). The molecule has 0 bridgehead atoms. The number of rotatable bonds is 4. The van der Waals surface area contributed by atoms with E-state index in [1.165, 1.54) is 0 Å². The van der Waals surface area contributed by atoms with Crippen LogP contribution in [0.15, 0.2) is 71.8 Å². The number of carbonyl (C=O) groups excluding carboxylic acids is 2. The summed E-state index contributed by atoms with van der Waals surface area (Å²) in [7, 11) is 0. The van der Waals surface area contributed by atoms with E-state index in [-0.39, 0.29) is 23.6 Å². The van der Waals surface area contributed by atoms with Gasteiger partial charge in [-0.15, -0.1) is 0 Å². The predicted octanol–water partition coefficient (Wildman–Crippen LogP) is 1.92. The summed E-state index contributed by atoms with van der Waals surface area (Å²) in [6, 6.07) is 10.9. The van der Waals surface area contributed by atoms with E-state index >= 15 is 0 Å². The molecule has 2 N–H and O–H groups in total. The molecule has 9 nitrogen and oxygen atoms in total. The Morgan fingerprint density at radius 3 is 2.82 bits per heavy atom. The monoisotopic (exact) mass is 439 g/mol. The van der Waals surface area contributed by atoms with Gasteiger partial charge in [0.25, 0.3) is 11.8 Å². The number of imidazole rings is 1. The second kappa shape index (κ2) is 6.99. The van der Waals surface area contributed by atoms with Gasteiger partial charge in [-0.2, -0.15) is 0 Å². The minimum absolute atomic E-state index is 0.0253. The molecule has 0 saturated carbocycles. The number of hydrogen-bond acceptors (Lipinski definition) is 6. The standard InChI is InChI=1S/C24H17N5O4/c30-18(31)11-14-10-13-4-3-5-15-21(25-7-9-28(14)22(13)15)20-19(23(32)27-24(20)33)16-12-26-17-6-1-2-8-29(16)17/h1-9,12,14H,10-11H2,(H,30,31)(H,27,32,33). The van der Waals surface area contributed by atoms with E-state index < -0.39 is 17.8 Å². The van der Waals surface area contributed by atoms with Crippen molar-refractivity contribution in [3.05, 3.63) is 83.6 Å². The Labute approximate surface area is 187 Å². The normalized spacial score (nSPS) is 19.1. The summed E-state index contributed by atoms with van der Waals surface area (Å²) in [5, 5.41) is 11.8. The maximum atomic E-state index is 13.0. The highest BCUT2D eigenvalue weighted by Crippen LogP contribution is 2.40. The number of carboxylic acids is 1. The molecule has 3 aliphatic heterocycles. The van der Waals surface area contributed by atoms with Gasteiger partial charge in [-0.3, -0.25) is 29.1 Å². The fourth-order valence-corrected chi connectivity index (χ4v) is 4.85. The summed E-state index contributed by atoms with van der Waals surface area (Å²) in [6.07, 6.45) is 7.18. The zero-order chi connectivity index (χ0) is 22.7. The lowest BCUT2D eigenvalue weighted by Crippen LogP contribution is -2.30. The van der Waals surface area contributed by atoms with Gasteiger partial charge in [0.2, 0.25) is 0 Å². The van der Waals surface area contributed by atoms with Crippen LogP contribution in [-0.2, 0) is 20.8 Å². The number of imide groups is 1.